The van der Waals surface area contributed by atoms with Gasteiger partial charge in [-0.3, -0.25) is 9.20 Å². The maximum absolute atomic E-state index is 12.0. The van der Waals surface area contributed by atoms with Crippen LogP contribution in [0.4, 0.5) is 0 Å². The monoisotopic (exact) mass is 311 g/mol. The molecule has 3 rings (SSSR count). The fourth-order valence-corrected chi connectivity index (χ4v) is 2.19. The van der Waals surface area contributed by atoms with Gasteiger partial charge in [0.05, 0.1) is 0 Å². The molecule has 1 amide bonds. The fourth-order valence-electron chi connectivity index (χ4n) is 2.19. The maximum atomic E-state index is 12.0. The zero-order valence-electron chi connectivity index (χ0n) is 11.4. The van der Waals surface area contributed by atoms with E-state index in [1.54, 1.807) is 24.4 Å². The van der Waals surface area contributed by atoms with Crippen LogP contribution in [0, 0.1) is 5.92 Å². The second kappa shape index (κ2) is 6.28. The smallest absolute Gasteiger partial charge is 0.350 e. The molecule has 1 aliphatic carbocycles. The van der Waals surface area contributed by atoms with Crippen LogP contribution in [0.15, 0.2) is 29.2 Å². The molecule has 2 aromatic rings. The standard InChI is InChI=1S/C13H17N5O2.ClH/c14-10(9-4-5-9)7-15-12(19)8-18-13(20)17-6-2-1-3-11(17)16-18;/h1-3,6,9-10H,4-5,7-8,14H2,(H,15,19);1H. The van der Waals surface area contributed by atoms with E-state index < -0.39 is 0 Å². The number of fused-ring (bicyclic) bond motifs is 1. The number of nitrogens with one attached hydrogen (secondary N) is 1. The SMILES string of the molecule is Cl.NC(CNC(=O)Cn1nc2ccccn2c1=O)C1CC1. The highest BCUT2D eigenvalue weighted by atomic mass is 35.5. The van der Waals surface area contributed by atoms with Crippen molar-refractivity contribution >= 4 is 24.0 Å². The van der Waals surface area contributed by atoms with Crippen LogP contribution in [0.25, 0.3) is 5.65 Å². The van der Waals surface area contributed by atoms with Gasteiger partial charge in [0.15, 0.2) is 5.65 Å². The normalized spacial score (nSPS) is 15.5. The van der Waals surface area contributed by atoms with Gasteiger partial charge in [-0.1, -0.05) is 6.07 Å². The summed E-state index contributed by atoms with van der Waals surface area (Å²) in [6.45, 7) is 0.365. The first-order valence-corrected chi connectivity index (χ1v) is 6.71. The summed E-state index contributed by atoms with van der Waals surface area (Å²) in [5.41, 5.74) is 6.12. The van der Waals surface area contributed by atoms with Crippen LogP contribution in [0.1, 0.15) is 12.8 Å². The van der Waals surface area contributed by atoms with Gasteiger partial charge in [-0.25, -0.2) is 9.48 Å². The average molecular weight is 312 g/mol. The molecule has 0 spiro atoms. The zero-order chi connectivity index (χ0) is 14.1. The summed E-state index contributed by atoms with van der Waals surface area (Å²) in [5.74, 6) is 0.292. The van der Waals surface area contributed by atoms with Crippen molar-refractivity contribution < 1.29 is 4.79 Å². The molecular weight excluding hydrogens is 294 g/mol. The summed E-state index contributed by atoms with van der Waals surface area (Å²) in [5, 5.41) is 6.85. The van der Waals surface area contributed by atoms with Crippen LogP contribution in [0.2, 0.25) is 0 Å². The highest BCUT2D eigenvalue weighted by Gasteiger charge is 2.28. The van der Waals surface area contributed by atoms with Gasteiger partial charge in [0.2, 0.25) is 5.91 Å². The van der Waals surface area contributed by atoms with E-state index in [9.17, 15) is 9.59 Å². The lowest BCUT2D eigenvalue weighted by Crippen LogP contribution is -2.41. The molecule has 1 atom stereocenters. The van der Waals surface area contributed by atoms with Crippen molar-refractivity contribution in [3.05, 3.63) is 34.9 Å². The van der Waals surface area contributed by atoms with E-state index in [1.807, 2.05) is 0 Å². The summed E-state index contributed by atoms with van der Waals surface area (Å²) >= 11 is 0. The lowest BCUT2D eigenvalue weighted by Gasteiger charge is -2.11. The number of aromatic nitrogens is 3. The minimum absolute atomic E-state index is 0. The molecule has 0 saturated heterocycles. The maximum Gasteiger partial charge on any atom is 0.350 e. The number of amides is 1. The van der Waals surface area contributed by atoms with Crippen LogP contribution < -0.4 is 16.7 Å². The Morgan fingerprint density at radius 2 is 2.24 bits per heavy atom. The third-order valence-corrected chi connectivity index (χ3v) is 3.54. The minimum atomic E-state index is -0.317. The van der Waals surface area contributed by atoms with E-state index in [0.29, 0.717) is 18.1 Å². The number of nitrogens with zero attached hydrogens (tertiary/aromatic N) is 3. The molecule has 2 aromatic heterocycles. The molecule has 0 aliphatic heterocycles. The van der Waals surface area contributed by atoms with Gasteiger partial charge < -0.3 is 11.1 Å². The van der Waals surface area contributed by atoms with Crippen LogP contribution >= 0.6 is 12.4 Å². The number of rotatable bonds is 5. The molecule has 1 aliphatic rings. The molecule has 21 heavy (non-hydrogen) atoms. The molecule has 1 fully saturated rings. The Morgan fingerprint density at radius 1 is 1.48 bits per heavy atom. The Hall–Kier alpha value is -1.86. The molecule has 3 N–H and O–H groups in total. The van der Waals surface area contributed by atoms with Crippen molar-refractivity contribution in [2.24, 2.45) is 11.7 Å². The second-order valence-corrected chi connectivity index (χ2v) is 5.17. The number of carbonyl (C=O) groups is 1. The lowest BCUT2D eigenvalue weighted by molar-refractivity contribution is -0.122. The van der Waals surface area contributed by atoms with Crippen molar-refractivity contribution in [3.8, 4) is 0 Å². The third-order valence-electron chi connectivity index (χ3n) is 3.54. The van der Waals surface area contributed by atoms with Crippen LogP contribution in [-0.2, 0) is 11.3 Å². The topological polar surface area (TPSA) is 94.4 Å². The predicted molar refractivity (Wildman–Crippen MR) is 80.4 cm³/mol. The van der Waals surface area contributed by atoms with Crippen LogP contribution in [0.5, 0.6) is 0 Å². The average Bonchev–Trinajstić information content (AvgIpc) is 3.24. The fraction of sp³-hybridized carbons (Fsp3) is 0.462. The Kier molecular flexibility index (Phi) is 4.64. The molecular formula is C13H18ClN5O2. The molecule has 0 radical (unpaired) electrons. The van der Waals surface area contributed by atoms with Gasteiger partial charge in [-0.15, -0.1) is 17.5 Å². The third kappa shape index (κ3) is 3.43. The van der Waals surface area contributed by atoms with Crippen molar-refractivity contribution in [1.82, 2.24) is 19.5 Å². The molecule has 1 unspecified atom stereocenters. The van der Waals surface area contributed by atoms with Gasteiger partial charge in [0.25, 0.3) is 0 Å². The first-order valence-electron chi connectivity index (χ1n) is 6.71. The van der Waals surface area contributed by atoms with Crippen molar-refractivity contribution in [2.45, 2.75) is 25.4 Å². The molecule has 114 valence electrons. The summed E-state index contributed by atoms with van der Waals surface area (Å²) in [7, 11) is 0. The number of pyridine rings is 1. The summed E-state index contributed by atoms with van der Waals surface area (Å²) in [6, 6.07) is 5.27. The molecule has 1 saturated carbocycles. The van der Waals surface area contributed by atoms with Crippen LogP contribution in [-0.4, -0.2) is 32.7 Å². The highest BCUT2D eigenvalue weighted by Crippen LogP contribution is 2.31. The van der Waals surface area contributed by atoms with E-state index in [1.165, 1.54) is 4.40 Å². The lowest BCUT2D eigenvalue weighted by atomic mass is 10.2. The molecule has 8 heteroatoms. The van der Waals surface area contributed by atoms with E-state index in [0.717, 1.165) is 17.5 Å². The Balaban J connectivity index is 0.00000161. The van der Waals surface area contributed by atoms with Crippen molar-refractivity contribution in [3.63, 3.8) is 0 Å². The quantitative estimate of drug-likeness (QED) is 0.797. The van der Waals surface area contributed by atoms with Gasteiger partial charge >= 0.3 is 5.69 Å². The molecule has 2 heterocycles. The van der Waals surface area contributed by atoms with Gasteiger partial charge in [0, 0.05) is 18.8 Å². The van der Waals surface area contributed by atoms with Crippen molar-refractivity contribution in [1.29, 1.82) is 0 Å². The number of carbonyl (C=O) groups excluding carboxylic acids is 1. The predicted octanol–water partition coefficient (Wildman–Crippen LogP) is -0.229. The Bertz CT molecular complexity index is 691. The number of hydrogen-bond donors (Lipinski definition) is 2. The zero-order valence-corrected chi connectivity index (χ0v) is 12.3. The van der Waals surface area contributed by atoms with E-state index in [2.05, 4.69) is 10.4 Å². The number of halogens is 1. The van der Waals surface area contributed by atoms with Crippen LogP contribution in [0.3, 0.4) is 0 Å². The summed E-state index contributed by atoms with van der Waals surface area (Å²) in [4.78, 5) is 23.8. The molecule has 7 nitrogen and oxygen atoms in total. The highest BCUT2D eigenvalue weighted by molar-refractivity contribution is 5.85. The Morgan fingerprint density at radius 3 is 2.90 bits per heavy atom. The molecule has 0 aromatic carbocycles. The summed E-state index contributed by atoms with van der Waals surface area (Å²) in [6.07, 6.45) is 3.91. The molecule has 0 bridgehead atoms. The minimum Gasteiger partial charge on any atom is -0.353 e. The summed E-state index contributed by atoms with van der Waals surface area (Å²) < 4.78 is 2.57. The largest absolute Gasteiger partial charge is 0.353 e. The second-order valence-electron chi connectivity index (χ2n) is 5.17. The van der Waals surface area contributed by atoms with E-state index >= 15 is 0 Å². The van der Waals surface area contributed by atoms with E-state index in [4.69, 9.17) is 5.73 Å². The number of nitrogens with two attached hydrogens (primary N) is 1. The van der Waals surface area contributed by atoms with E-state index in [-0.39, 0.29) is 36.6 Å². The first-order chi connectivity index (χ1) is 9.65. The number of hydrogen-bond acceptors (Lipinski definition) is 4. The first kappa shape index (κ1) is 15.5. The Labute approximate surface area is 127 Å². The van der Waals surface area contributed by atoms with Crippen molar-refractivity contribution in [2.75, 3.05) is 6.54 Å². The van der Waals surface area contributed by atoms with Gasteiger partial charge in [0.1, 0.15) is 6.54 Å². The van der Waals surface area contributed by atoms with Gasteiger partial charge in [-0.2, -0.15) is 0 Å². The van der Waals surface area contributed by atoms with Gasteiger partial charge in [-0.05, 0) is 30.9 Å².